The SMILES string of the molecule is COC(=O)C[C@H](O)C[C@@H](O)[C@H](O)[C@@H](O)C/C=C/C=C/C=O. The average Bonchev–Trinajstić information content (AvgIpc) is 2.45. The summed E-state index contributed by atoms with van der Waals surface area (Å²) in [6.45, 7) is 0. The van der Waals surface area contributed by atoms with Crippen LogP contribution in [0.25, 0.3) is 0 Å². The zero-order valence-electron chi connectivity index (χ0n) is 11.8. The van der Waals surface area contributed by atoms with Gasteiger partial charge in [0, 0.05) is 6.42 Å². The van der Waals surface area contributed by atoms with Crippen molar-refractivity contribution in [2.45, 2.75) is 43.7 Å². The first-order valence-electron chi connectivity index (χ1n) is 6.48. The van der Waals surface area contributed by atoms with Crippen molar-refractivity contribution in [2.24, 2.45) is 0 Å². The predicted molar refractivity (Wildman–Crippen MR) is 74.2 cm³/mol. The summed E-state index contributed by atoms with van der Waals surface area (Å²) in [6, 6.07) is 0. The molecule has 0 aromatic rings. The Balaban J connectivity index is 4.19. The van der Waals surface area contributed by atoms with Gasteiger partial charge in [-0.15, -0.1) is 0 Å². The van der Waals surface area contributed by atoms with E-state index in [4.69, 9.17) is 0 Å². The maximum atomic E-state index is 10.9. The molecule has 0 saturated heterocycles. The van der Waals surface area contributed by atoms with E-state index in [1.165, 1.54) is 31.4 Å². The van der Waals surface area contributed by atoms with E-state index >= 15 is 0 Å². The standard InChI is InChI=1S/C14H22O7/c1-21-13(19)9-10(16)8-12(18)14(20)11(17)6-4-2-3-5-7-15/h2-5,7,10-12,14,16-18,20H,6,8-9H2,1H3/b4-2+,5-3+/t10-,11+,12-,14-/m1/s1. The van der Waals surface area contributed by atoms with Crippen LogP contribution in [0.1, 0.15) is 19.3 Å². The van der Waals surface area contributed by atoms with Crippen molar-refractivity contribution in [1.82, 2.24) is 0 Å². The summed E-state index contributed by atoms with van der Waals surface area (Å²) in [6.07, 6.45) is 0.627. The number of hydrogen-bond donors (Lipinski definition) is 4. The van der Waals surface area contributed by atoms with Crippen molar-refractivity contribution >= 4 is 12.3 Å². The monoisotopic (exact) mass is 302 g/mol. The molecule has 4 atom stereocenters. The third-order valence-corrected chi connectivity index (χ3v) is 2.75. The molecule has 21 heavy (non-hydrogen) atoms. The van der Waals surface area contributed by atoms with Gasteiger partial charge < -0.3 is 25.2 Å². The average molecular weight is 302 g/mol. The summed E-state index contributed by atoms with van der Waals surface area (Å²) in [5.74, 6) is -0.630. The Morgan fingerprint density at radius 3 is 2.33 bits per heavy atom. The number of carbonyl (C=O) groups excluding carboxylic acids is 2. The molecule has 0 unspecified atom stereocenters. The molecular formula is C14H22O7. The van der Waals surface area contributed by atoms with E-state index in [2.05, 4.69) is 4.74 Å². The lowest BCUT2D eigenvalue weighted by molar-refractivity contribution is -0.143. The number of carbonyl (C=O) groups is 2. The zero-order chi connectivity index (χ0) is 16.3. The molecule has 7 heteroatoms. The van der Waals surface area contributed by atoms with Crippen LogP contribution < -0.4 is 0 Å². The maximum Gasteiger partial charge on any atom is 0.308 e. The largest absolute Gasteiger partial charge is 0.469 e. The first-order chi connectivity index (χ1) is 9.92. The van der Waals surface area contributed by atoms with Crippen LogP contribution in [0.15, 0.2) is 24.3 Å². The van der Waals surface area contributed by atoms with E-state index in [0.29, 0.717) is 6.29 Å². The Morgan fingerprint density at radius 2 is 1.76 bits per heavy atom. The maximum absolute atomic E-state index is 10.9. The molecule has 0 fully saturated rings. The number of allylic oxidation sites excluding steroid dienone is 3. The number of aldehydes is 1. The number of methoxy groups -OCH3 is 1. The second kappa shape index (κ2) is 11.2. The minimum Gasteiger partial charge on any atom is -0.469 e. The molecule has 0 aliphatic rings. The number of aliphatic hydroxyl groups excluding tert-OH is 4. The Hall–Kier alpha value is -1.54. The third kappa shape index (κ3) is 9.09. The Morgan fingerprint density at radius 1 is 1.10 bits per heavy atom. The van der Waals surface area contributed by atoms with Crippen molar-refractivity contribution in [3.8, 4) is 0 Å². The summed E-state index contributed by atoms with van der Waals surface area (Å²) in [7, 11) is 1.18. The summed E-state index contributed by atoms with van der Waals surface area (Å²) >= 11 is 0. The van der Waals surface area contributed by atoms with Gasteiger partial charge in [0.2, 0.25) is 0 Å². The van der Waals surface area contributed by atoms with Gasteiger partial charge in [0.15, 0.2) is 0 Å². The Labute approximate surface area is 123 Å². The molecule has 0 aromatic heterocycles. The van der Waals surface area contributed by atoms with E-state index in [1.54, 1.807) is 0 Å². The van der Waals surface area contributed by atoms with E-state index < -0.39 is 30.4 Å². The summed E-state index contributed by atoms with van der Waals surface area (Å²) in [5, 5.41) is 38.5. The van der Waals surface area contributed by atoms with Crippen LogP contribution in [0.2, 0.25) is 0 Å². The highest BCUT2D eigenvalue weighted by molar-refractivity contribution is 5.69. The van der Waals surface area contributed by atoms with Crippen LogP contribution in [0.3, 0.4) is 0 Å². The summed E-state index contributed by atoms with van der Waals surface area (Å²) in [4.78, 5) is 20.9. The van der Waals surface area contributed by atoms with Gasteiger partial charge in [-0.3, -0.25) is 9.59 Å². The van der Waals surface area contributed by atoms with E-state index in [-0.39, 0.29) is 19.3 Å². The van der Waals surface area contributed by atoms with Gasteiger partial charge in [-0.1, -0.05) is 18.2 Å². The molecule has 0 bridgehead atoms. The second-order valence-corrected chi connectivity index (χ2v) is 4.48. The minimum absolute atomic E-state index is 0.0640. The number of rotatable bonds is 10. The lowest BCUT2D eigenvalue weighted by Gasteiger charge is -2.23. The molecular weight excluding hydrogens is 280 g/mol. The topological polar surface area (TPSA) is 124 Å². The molecule has 4 N–H and O–H groups in total. The van der Waals surface area contributed by atoms with Gasteiger partial charge in [0.1, 0.15) is 12.4 Å². The molecule has 0 rings (SSSR count). The first-order valence-corrected chi connectivity index (χ1v) is 6.48. The lowest BCUT2D eigenvalue weighted by Crippen LogP contribution is -2.39. The van der Waals surface area contributed by atoms with E-state index in [0.717, 1.165) is 0 Å². The van der Waals surface area contributed by atoms with Crippen LogP contribution >= 0.6 is 0 Å². The highest BCUT2D eigenvalue weighted by atomic mass is 16.5. The quantitative estimate of drug-likeness (QED) is 0.178. The van der Waals surface area contributed by atoms with E-state index in [1.807, 2.05) is 0 Å². The molecule has 0 aliphatic heterocycles. The van der Waals surface area contributed by atoms with Gasteiger partial charge in [-0.25, -0.2) is 0 Å². The molecule has 0 spiro atoms. The third-order valence-electron chi connectivity index (χ3n) is 2.75. The van der Waals surface area contributed by atoms with Crippen molar-refractivity contribution in [3.63, 3.8) is 0 Å². The molecule has 0 heterocycles. The van der Waals surface area contributed by atoms with Gasteiger partial charge >= 0.3 is 5.97 Å². The van der Waals surface area contributed by atoms with Crippen LogP contribution in [0.5, 0.6) is 0 Å². The van der Waals surface area contributed by atoms with Crippen molar-refractivity contribution in [2.75, 3.05) is 7.11 Å². The lowest BCUT2D eigenvalue weighted by atomic mass is 9.99. The van der Waals surface area contributed by atoms with Crippen molar-refractivity contribution < 1.29 is 34.8 Å². The first kappa shape index (κ1) is 19.5. The fraction of sp³-hybridized carbons (Fsp3) is 0.571. The van der Waals surface area contributed by atoms with Gasteiger partial charge in [-0.05, 0) is 12.5 Å². The van der Waals surface area contributed by atoms with E-state index in [9.17, 15) is 30.0 Å². The Kier molecular flexibility index (Phi) is 10.3. The van der Waals surface area contributed by atoms with Gasteiger partial charge in [-0.2, -0.15) is 0 Å². The number of aliphatic hydroxyl groups is 4. The molecule has 7 nitrogen and oxygen atoms in total. The molecule has 120 valence electrons. The zero-order valence-corrected chi connectivity index (χ0v) is 11.8. The second-order valence-electron chi connectivity index (χ2n) is 4.48. The number of ether oxygens (including phenoxy) is 1. The highest BCUT2D eigenvalue weighted by Crippen LogP contribution is 2.12. The Bertz CT molecular complexity index is 364. The van der Waals surface area contributed by atoms with Crippen molar-refractivity contribution in [1.29, 1.82) is 0 Å². The van der Waals surface area contributed by atoms with Crippen LogP contribution in [0, 0.1) is 0 Å². The molecule has 0 saturated carbocycles. The van der Waals surface area contributed by atoms with Gasteiger partial charge in [0.25, 0.3) is 0 Å². The predicted octanol–water partition coefficient (Wildman–Crippen LogP) is -0.915. The normalized spacial score (nSPS) is 17.6. The van der Waals surface area contributed by atoms with Crippen LogP contribution in [-0.4, -0.2) is 64.2 Å². The molecule has 0 aliphatic carbocycles. The van der Waals surface area contributed by atoms with Crippen LogP contribution in [0.4, 0.5) is 0 Å². The van der Waals surface area contributed by atoms with Crippen LogP contribution in [-0.2, 0) is 14.3 Å². The smallest absolute Gasteiger partial charge is 0.308 e. The molecule has 0 radical (unpaired) electrons. The highest BCUT2D eigenvalue weighted by Gasteiger charge is 2.26. The fourth-order valence-corrected chi connectivity index (χ4v) is 1.58. The van der Waals surface area contributed by atoms with Gasteiger partial charge in [0.05, 0.1) is 31.8 Å². The number of hydrogen-bond acceptors (Lipinski definition) is 7. The minimum atomic E-state index is -1.46. The van der Waals surface area contributed by atoms with Crippen molar-refractivity contribution in [3.05, 3.63) is 24.3 Å². The molecule has 0 aromatic carbocycles. The number of esters is 1. The summed E-state index contributed by atoms with van der Waals surface area (Å²) in [5.41, 5.74) is 0. The fourth-order valence-electron chi connectivity index (χ4n) is 1.58. The summed E-state index contributed by atoms with van der Waals surface area (Å²) < 4.78 is 4.36. The molecule has 0 amide bonds.